The minimum Gasteiger partial charge on any atom is -0.465 e. The van der Waals surface area contributed by atoms with E-state index in [1.165, 1.54) is 31.4 Å². The van der Waals surface area contributed by atoms with Crippen LogP contribution in [0.2, 0.25) is 0 Å². The molecule has 28 heavy (non-hydrogen) atoms. The van der Waals surface area contributed by atoms with Gasteiger partial charge in [0.2, 0.25) is 0 Å². The van der Waals surface area contributed by atoms with Crippen molar-refractivity contribution in [1.29, 1.82) is 0 Å². The van der Waals surface area contributed by atoms with Crippen LogP contribution in [-0.2, 0) is 9.53 Å². The van der Waals surface area contributed by atoms with Gasteiger partial charge in [0.1, 0.15) is 29.0 Å². The topological polar surface area (TPSA) is 81.7 Å². The maximum Gasteiger partial charge on any atom is 0.337 e. The third kappa shape index (κ3) is 4.91. The Hall–Kier alpha value is -3.29. The molecule has 1 atom stereocenters. The lowest BCUT2D eigenvalue weighted by Crippen LogP contribution is -2.46. The van der Waals surface area contributed by atoms with Gasteiger partial charge in [0.15, 0.2) is 0 Å². The molecule has 0 spiro atoms. The molecule has 0 aromatic heterocycles. The van der Waals surface area contributed by atoms with E-state index in [9.17, 15) is 23.2 Å². The van der Waals surface area contributed by atoms with E-state index in [0.717, 1.165) is 18.2 Å². The Morgan fingerprint density at radius 3 is 2.04 bits per heavy atom. The second-order valence-electron chi connectivity index (χ2n) is 6.23. The van der Waals surface area contributed by atoms with Crippen molar-refractivity contribution in [2.45, 2.75) is 19.9 Å². The van der Waals surface area contributed by atoms with Gasteiger partial charge in [-0.2, -0.15) is 0 Å². The first-order valence-corrected chi connectivity index (χ1v) is 8.39. The predicted molar refractivity (Wildman–Crippen MR) is 95.9 cm³/mol. The van der Waals surface area contributed by atoms with Crippen molar-refractivity contribution in [2.24, 2.45) is 5.92 Å². The fourth-order valence-electron chi connectivity index (χ4n) is 2.38. The third-order valence-electron chi connectivity index (χ3n) is 3.89. The molecule has 0 aliphatic heterocycles. The smallest absolute Gasteiger partial charge is 0.337 e. The maximum atomic E-state index is 13.8. The Morgan fingerprint density at radius 2 is 1.54 bits per heavy atom. The number of rotatable bonds is 6. The summed E-state index contributed by atoms with van der Waals surface area (Å²) < 4.78 is 37.3. The molecule has 1 amide bonds. The zero-order chi connectivity index (χ0) is 20.8. The largest absolute Gasteiger partial charge is 0.465 e. The average molecular weight is 391 g/mol. The Morgan fingerprint density at radius 1 is 0.964 bits per heavy atom. The van der Waals surface area contributed by atoms with Gasteiger partial charge in [-0.3, -0.25) is 4.79 Å². The minimum absolute atomic E-state index is 0.134. The van der Waals surface area contributed by atoms with E-state index < -0.39 is 47.0 Å². The Labute approximate surface area is 160 Å². The second kappa shape index (κ2) is 9.07. The number of methoxy groups -OCH3 is 1. The molecule has 1 N–H and O–H groups in total. The molecule has 148 valence electrons. The van der Waals surface area contributed by atoms with Crippen LogP contribution in [0.3, 0.4) is 0 Å². The molecule has 0 aliphatic carbocycles. The third-order valence-corrected chi connectivity index (χ3v) is 3.89. The lowest BCUT2D eigenvalue weighted by Gasteiger charge is -2.21. The zero-order valence-corrected chi connectivity index (χ0v) is 15.5. The van der Waals surface area contributed by atoms with Gasteiger partial charge >= 0.3 is 11.9 Å². The molecular weight excluding hydrogens is 372 g/mol. The minimum atomic E-state index is -1.15. The van der Waals surface area contributed by atoms with Crippen LogP contribution in [0.25, 0.3) is 0 Å². The number of carbonyl (C=O) groups excluding carboxylic acids is 3. The summed E-state index contributed by atoms with van der Waals surface area (Å²) in [6.07, 6.45) is 0. The summed E-state index contributed by atoms with van der Waals surface area (Å²) in [5, 5.41) is 2.31. The van der Waals surface area contributed by atoms with E-state index in [2.05, 4.69) is 10.1 Å². The van der Waals surface area contributed by atoms with Crippen LogP contribution in [0.5, 0.6) is 5.75 Å². The summed E-state index contributed by atoms with van der Waals surface area (Å²) in [5.41, 5.74) is -0.505. The SMILES string of the molecule is COC(=O)c1ccc(OC(=O)[C@@H](NC(=O)c2c(F)cccc2F)C(C)C)cc1. The molecule has 0 bridgehead atoms. The predicted octanol–water partition coefficient (Wildman–Crippen LogP) is 3.11. The van der Waals surface area contributed by atoms with Crippen molar-refractivity contribution in [2.75, 3.05) is 7.11 Å². The molecule has 2 aromatic carbocycles. The van der Waals surface area contributed by atoms with Crippen LogP contribution in [0, 0.1) is 17.6 Å². The molecule has 0 unspecified atom stereocenters. The summed E-state index contributed by atoms with van der Waals surface area (Å²) in [5.74, 6) is -4.77. The van der Waals surface area contributed by atoms with E-state index in [-0.39, 0.29) is 11.3 Å². The molecule has 0 saturated carbocycles. The number of nitrogens with one attached hydrogen (secondary N) is 1. The summed E-state index contributed by atoms with van der Waals surface area (Å²) in [4.78, 5) is 36.1. The number of esters is 2. The molecule has 0 aliphatic rings. The monoisotopic (exact) mass is 391 g/mol. The number of hydrogen-bond donors (Lipinski definition) is 1. The second-order valence-corrected chi connectivity index (χ2v) is 6.23. The number of hydrogen-bond acceptors (Lipinski definition) is 5. The molecule has 6 nitrogen and oxygen atoms in total. The van der Waals surface area contributed by atoms with Crippen LogP contribution in [0.4, 0.5) is 8.78 Å². The Kier molecular flexibility index (Phi) is 6.81. The summed E-state index contributed by atoms with van der Waals surface area (Å²) in [6, 6.07) is 7.48. The number of ether oxygens (including phenoxy) is 2. The number of carbonyl (C=O) groups is 3. The van der Waals surface area contributed by atoms with Gasteiger partial charge in [-0.15, -0.1) is 0 Å². The summed E-state index contributed by atoms with van der Waals surface area (Å²) in [7, 11) is 1.24. The highest BCUT2D eigenvalue weighted by atomic mass is 19.1. The summed E-state index contributed by atoms with van der Waals surface area (Å²) in [6.45, 7) is 3.29. The lowest BCUT2D eigenvalue weighted by atomic mass is 10.0. The van der Waals surface area contributed by atoms with Gasteiger partial charge in [-0.05, 0) is 42.3 Å². The van der Waals surface area contributed by atoms with Gasteiger partial charge in [-0.1, -0.05) is 19.9 Å². The van der Waals surface area contributed by atoms with Crippen LogP contribution >= 0.6 is 0 Å². The molecular formula is C20H19F2NO5. The van der Waals surface area contributed by atoms with Gasteiger partial charge in [-0.25, -0.2) is 18.4 Å². The van der Waals surface area contributed by atoms with Crippen LogP contribution in [0.15, 0.2) is 42.5 Å². The molecule has 0 saturated heterocycles. The van der Waals surface area contributed by atoms with Crippen molar-refractivity contribution in [3.63, 3.8) is 0 Å². The first-order chi connectivity index (χ1) is 13.2. The number of halogens is 2. The van der Waals surface area contributed by atoms with Crippen molar-refractivity contribution in [3.05, 3.63) is 65.2 Å². The Balaban J connectivity index is 2.14. The van der Waals surface area contributed by atoms with E-state index in [4.69, 9.17) is 4.74 Å². The van der Waals surface area contributed by atoms with Crippen LogP contribution in [0.1, 0.15) is 34.6 Å². The van der Waals surface area contributed by atoms with E-state index in [0.29, 0.717) is 0 Å². The normalized spacial score (nSPS) is 11.6. The molecule has 0 radical (unpaired) electrons. The molecule has 8 heteroatoms. The molecule has 0 fully saturated rings. The first-order valence-electron chi connectivity index (χ1n) is 8.39. The van der Waals surface area contributed by atoms with Gasteiger partial charge in [0, 0.05) is 0 Å². The highest BCUT2D eigenvalue weighted by molar-refractivity contribution is 5.97. The number of benzene rings is 2. The van der Waals surface area contributed by atoms with Crippen molar-refractivity contribution < 1.29 is 32.6 Å². The molecule has 0 heterocycles. The highest BCUT2D eigenvalue weighted by Crippen LogP contribution is 2.17. The van der Waals surface area contributed by atoms with Crippen molar-refractivity contribution >= 4 is 17.8 Å². The number of amides is 1. The van der Waals surface area contributed by atoms with Crippen molar-refractivity contribution in [3.8, 4) is 5.75 Å². The van der Waals surface area contributed by atoms with Gasteiger partial charge < -0.3 is 14.8 Å². The van der Waals surface area contributed by atoms with E-state index in [1.54, 1.807) is 13.8 Å². The highest BCUT2D eigenvalue weighted by Gasteiger charge is 2.29. The lowest BCUT2D eigenvalue weighted by molar-refractivity contribution is -0.137. The average Bonchev–Trinajstić information content (AvgIpc) is 2.65. The van der Waals surface area contributed by atoms with E-state index in [1.807, 2.05) is 0 Å². The molecule has 2 aromatic rings. The van der Waals surface area contributed by atoms with Crippen molar-refractivity contribution in [1.82, 2.24) is 5.32 Å². The molecule has 2 rings (SSSR count). The fourth-order valence-corrected chi connectivity index (χ4v) is 2.38. The van der Waals surface area contributed by atoms with Gasteiger partial charge in [0.25, 0.3) is 5.91 Å². The first kappa shape index (κ1) is 21.0. The summed E-state index contributed by atoms with van der Waals surface area (Å²) >= 11 is 0. The quantitative estimate of drug-likeness (QED) is 0.604. The van der Waals surface area contributed by atoms with Crippen LogP contribution in [-0.4, -0.2) is 31.0 Å². The van der Waals surface area contributed by atoms with Gasteiger partial charge in [0.05, 0.1) is 12.7 Å². The Bertz CT molecular complexity index is 860. The standard InChI is InChI=1S/C20H19F2NO5/c1-11(2)17(23-18(24)16-14(21)5-4-6-15(16)22)20(26)28-13-9-7-12(8-10-13)19(25)27-3/h4-11,17H,1-3H3,(H,23,24)/t17-/m0/s1. The maximum absolute atomic E-state index is 13.8. The zero-order valence-electron chi connectivity index (χ0n) is 15.5. The van der Waals surface area contributed by atoms with Crippen LogP contribution < -0.4 is 10.1 Å². The fraction of sp³-hybridized carbons (Fsp3) is 0.250. The van der Waals surface area contributed by atoms with E-state index >= 15 is 0 Å².